The molecule has 0 aliphatic heterocycles. The average molecular weight is 251 g/mol. The zero-order chi connectivity index (χ0) is 13.7. The third-order valence-corrected chi connectivity index (χ3v) is 2.54. The smallest absolute Gasteiger partial charge is 0.236 e. The third kappa shape index (κ3) is 3.55. The first-order valence-electron chi connectivity index (χ1n) is 5.91. The Labute approximate surface area is 108 Å². The van der Waals surface area contributed by atoms with Gasteiger partial charge >= 0.3 is 0 Å². The van der Waals surface area contributed by atoms with Gasteiger partial charge in [0.2, 0.25) is 5.91 Å². The Morgan fingerprint density at radius 1 is 1.44 bits per heavy atom. The monoisotopic (exact) mass is 251 g/mol. The Morgan fingerprint density at radius 2 is 2.11 bits per heavy atom. The number of amides is 1. The second-order valence-electron chi connectivity index (χ2n) is 4.63. The molecule has 0 unspecified atom stereocenters. The number of anilines is 2. The summed E-state index contributed by atoms with van der Waals surface area (Å²) in [6.45, 7) is 5.00. The lowest BCUT2D eigenvalue weighted by Gasteiger charge is -2.27. The number of rotatable bonds is 6. The molecule has 1 aromatic rings. The van der Waals surface area contributed by atoms with Crippen LogP contribution in [0.1, 0.15) is 13.8 Å². The number of ether oxygens (including phenoxy) is 1. The largest absolute Gasteiger partial charge is 0.495 e. The van der Waals surface area contributed by atoms with Gasteiger partial charge in [0.15, 0.2) is 0 Å². The van der Waals surface area contributed by atoms with E-state index in [2.05, 4.69) is 13.8 Å². The van der Waals surface area contributed by atoms with Crippen molar-refractivity contribution in [2.75, 3.05) is 30.8 Å². The van der Waals surface area contributed by atoms with Crippen molar-refractivity contribution in [2.45, 2.75) is 13.8 Å². The number of hydrogen-bond donors (Lipinski definition) is 2. The maximum absolute atomic E-state index is 11.1. The molecule has 5 nitrogen and oxygen atoms in total. The zero-order valence-electron chi connectivity index (χ0n) is 11.1. The van der Waals surface area contributed by atoms with Gasteiger partial charge in [0, 0.05) is 6.54 Å². The van der Waals surface area contributed by atoms with Crippen molar-refractivity contribution in [3.8, 4) is 5.75 Å². The number of nitrogen functional groups attached to an aromatic ring is 1. The minimum atomic E-state index is -0.377. The molecular weight excluding hydrogens is 230 g/mol. The van der Waals surface area contributed by atoms with Crippen molar-refractivity contribution < 1.29 is 9.53 Å². The summed E-state index contributed by atoms with van der Waals surface area (Å²) >= 11 is 0. The van der Waals surface area contributed by atoms with E-state index in [4.69, 9.17) is 16.2 Å². The first-order valence-corrected chi connectivity index (χ1v) is 5.91. The molecule has 1 aromatic carbocycles. The van der Waals surface area contributed by atoms with E-state index in [1.165, 1.54) is 0 Å². The van der Waals surface area contributed by atoms with E-state index in [0.29, 0.717) is 23.9 Å². The molecule has 0 heterocycles. The number of para-hydroxylation sites is 1. The van der Waals surface area contributed by atoms with E-state index in [0.717, 1.165) is 5.69 Å². The molecule has 4 N–H and O–H groups in total. The van der Waals surface area contributed by atoms with Gasteiger partial charge in [0.25, 0.3) is 0 Å². The Morgan fingerprint density at radius 3 is 2.61 bits per heavy atom. The first kappa shape index (κ1) is 14.2. The van der Waals surface area contributed by atoms with Gasteiger partial charge in [0.05, 0.1) is 25.0 Å². The maximum Gasteiger partial charge on any atom is 0.236 e. The second-order valence-corrected chi connectivity index (χ2v) is 4.63. The van der Waals surface area contributed by atoms with Gasteiger partial charge in [-0.15, -0.1) is 0 Å². The van der Waals surface area contributed by atoms with E-state index in [1.807, 2.05) is 17.0 Å². The molecule has 1 rings (SSSR count). The van der Waals surface area contributed by atoms with Crippen molar-refractivity contribution in [1.82, 2.24) is 0 Å². The second kappa shape index (κ2) is 6.14. The van der Waals surface area contributed by atoms with Gasteiger partial charge in [-0.1, -0.05) is 19.9 Å². The summed E-state index contributed by atoms with van der Waals surface area (Å²) in [5, 5.41) is 0. The first-order chi connectivity index (χ1) is 8.45. The summed E-state index contributed by atoms with van der Waals surface area (Å²) in [6.07, 6.45) is 0. The molecular formula is C13H21N3O2. The average Bonchev–Trinajstić information content (AvgIpc) is 2.27. The van der Waals surface area contributed by atoms with Crippen LogP contribution in [0.25, 0.3) is 0 Å². The molecule has 1 amide bonds. The van der Waals surface area contributed by atoms with E-state index in [-0.39, 0.29) is 12.5 Å². The van der Waals surface area contributed by atoms with Crippen LogP contribution in [-0.4, -0.2) is 26.1 Å². The van der Waals surface area contributed by atoms with Gasteiger partial charge in [-0.25, -0.2) is 0 Å². The van der Waals surface area contributed by atoms with Crippen LogP contribution in [0.2, 0.25) is 0 Å². The minimum Gasteiger partial charge on any atom is -0.495 e. The predicted octanol–water partition coefficient (Wildman–Crippen LogP) is 1.23. The maximum atomic E-state index is 11.1. The number of hydrogen-bond acceptors (Lipinski definition) is 4. The molecule has 0 aliphatic rings. The Bertz CT molecular complexity index is 419. The predicted molar refractivity (Wildman–Crippen MR) is 73.7 cm³/mol. The fraction of sp³-hybridized carbons (Fsp3) is 0.462. The lowest BCUT2D eigenvalue weighted by molar-refractivity contribution is -0.116. The summed E-state index contributed by atoms with van der Waals surface area (Å²) in [5.74, 6) is 0.624. The fourth-order valence-corrected chi connectivity index (χ4v) is 1.86. The summed E-state index contributed by atoms with van der Waals surface area (Å²) in [4.78, 5) is 13.0. The number of benzene rings is 1. The molecule has 0 atom stereocenters. The van der Waals surface area contributed by atoms with Gasteiger partial charge < -0.3 is 21.1 Å². The molecule has 0 bridgehead atoms. The van der Waals surface area contributed by atoms with Crippen molar-refractivity contribution in [3.63, 3.8) is 0 Å². The molecule has 0 radical (unpaired) electrons. The molecule has 5 heteroatoms. The van der Waals surface area contributed by atoms with Gasteiger partial charge in [0.1, 0.15) is 5.75 Å². The topological polar surface area (TPSA) is 81.6 Å². The van der Waals surface area contributed by atoms with E-state index in [1.54, 1.807) is 13.2 Å². The SMILES string of the molecule is COc1cccc(N(CC(N)=O)CC(C)C)c1N. The Balaban J connectivity index is 3.07. The lowest BCUT2D eigenvalue weighted by Crippen LogP contribution is -2.36. The highest BCUT2D eigenvalue weighted by atomic mass is 16.5. The summed E-state index contributed by atoms with van der Waals surface area (Å²) in [6, 6.07) is 5.50. The quantitative estimate of drug-likeness (QED) is 0.745. The van der Waals surface area contributed by atoms with Gasteiger partial charge in [-0.2, -0.15) is 0 Å². The van der Waals surface area contributed by atoms with Crippen molar-refractivity contribution in [2.24, 2.45) is 11.7 Å². The molecule has 0 aliphatic carbocycles. The molecule has 18 heavy (non-hydrogen) atoms. The number of carbonyl (C=O) groups is 1. The number of nitrogens with zero attached hydrogens (tertiary/aromatic N) is 1. The summed E-state index contributed by atoms with van der Waals surface area (Å²) < 4.78 is 5.18. The number of nitrogens with two attached hydrogens (primary N) is 2. The zero-order valence-corrected chi connectivity index (χ0v) is 11.1. The molecule has 0 aromatic heterocycles. The highest BCUT2D eigenvalue weighted by molar-refractivity contribution is 5.83. The van der Waals surface area contributed by atoms with Crippen LogP contribution in [0.15, 0.2) is 18.2 Å². The van der Waals surface area contributed by atoms with Crippen LogP contribution in [0.3, 0.4) is 0 Å². The lowest BCUT2D eigenvalue weighted by atomic mass is 10.1. The van der Waals surface area contributed by atoms with Gasteiger partial charge in [-0.05, 0) is 18.1 Å². The van der Waals surface area contributed by atoms with E-state index >= 15 is 0 Å². The van der Waals surface area contributed by atoms with Crippen LogP contribution in [0.4, 0.5) is 11.4 Å². The Kier molecular flexibility index (Phi) is 4.83. The van der Waals surface area contributed by atoms with Crippen LogP contribution in [0.5, 0.6) is 5.75 Å². The molecule has 0 fully saturated rings. The van der Waals surface area contributed by atoms with Crippen molar-refractivity contribution >= 4 is 17.3 Å². The molecule has 0 spiro atoms. The van der Waals surface area contributed by atoms with Crippen LogP contribution in [0, 0.1) is 5.92 Å². The fourth-order valence-electron chi connectivity index (χ4n) is 1.86. The third-order valence-electron chi connectivity index (χ3n) is 2.54. The minimum absolute atomic E-state index is 0.148. The summed E-state index contributed by atoms with van der Waals surface area (Å²) in [7, 11) is 1.57. The standard InChI is InChI=1S/C13H21N3O2/c1-9(2)7-16(8-12(14)17)10-5-4-6-11(18-3)13(10)15/h4-6,9H,7-8,15H2,1-3H3,(H2,14,17). The highest BCUT2D eigenvalue weighted by Gasteiger charge is 2.15. The van der Waals surface area contributed by atoms with E-state index < -0.39 is 0 Å². The highest BCUT2D eigenvalue weighted by Crippen LogP contribution is 2.32. The molecule has 100 valence electrons. The number of methoxy groups -OCH3 is 1. The van der Waals surface area contributed by atoms with Crippen molar-refractivity contribution in [1.29, 1.82) is 0 Å². The van der Waals surface area contributed by atoms with Crippen LogP contribution < -0.4 is 21.1 Å². The normalized spacial score (nSPS) is 10.4. The van der Waals surface area contributed by atoms with Gasteiger partial charge in [-0.3, -0.25) is 4.79 Å². The number of primary amides is 1. The van der Waals surface area contributed by atoms with Crippen LogP contribution >= 0.6 is 0 Å². The summed E-state index contributed by atoms with van der Waals surface area (Å²) in [5.41, 5.74) is 12.6. The molecule has 0 saturated carbocycles. The van der Waals surface area contributed by atoms with Crippen molar-refractivity contribution in [3.05, 3.63) is 18.2 Å². The van der Waals surface area contributed by atoms with E-state index in [9.17, 15) is 4.79 Å². The number of carbonyl (C=O) groups excluding carboxylic acids is 1. The Hall–Kier alpha value is -1.91. The molecule has 0 saturated heterocycles. The van der Waals surface area contributed by atoms with Crippen LogP contribution in [-0.2, 0) is 4.79 Å².